The lowest BCUT2D eigenvalue weighted by molar-refractivity contribution is -0.152. The predicted octanol–water partition coefficient (Wildman–Crippen LogP) is 1.25. The van der Waals surface area contributed by atoms with Gasteiger partial charge < -0.3 is 10.1 Å². The van der Waals surface area contributed by atoms with Crippen molar-refractivity contribution in [3.05, 3.63) is 0 Å². The lowest BCUT2D eigenvalue weighted by Gasteiger charge is -2.08. The van der Waals surface area contributed by atoms with E-state index in [9.17, 15) is 9.59 Å². The molecule has 0 aromatic heterocycles. The summed E-state index contributed by atoms with van der Waals surface area (Å²) in [6, 6.07) is 0. The molecule has 0 radical (unpaired) electrons. The van der Waals surface area contributed by atoms with Crippen molar-refractivity contribution < 1.29 is 14.3 Å². The summed E-state index contributed by atoms with van der Waals surface area (Å²) < 4.78 is 4.29. The Balaban J connectivity index is 2.00. The van der Waals surface area contributed by atoms with Gasteiger partial charge in [-0.05, 0) is 18.8 Å². The van der Waals surface area contributed by atoms with E-state index in [2.05, 4.69) is 10.1 Å². The maximum Gasteiger partial charge on any atom is 0.396 e. The van der Waals surface area contributed by atoms with Crippen LogP contribution < -0.4 is 5.32 Å². The molecule has 1 aliphatic carbocycles. The molecule has 0 bridgehead atoms. The van der Waals surface area contributed by atoms with Gasteiger partial charge in [-0.1, -0.05) is 25.7 Å². The second kappa shape index (κ2) is 6.43. The largest absolute Gasteiger partial charge is 0.462 e. The zero-order chi connectivity index (χ0) is 11.1. The van der Waals surface area contributed by atoms with Crippen LogP contribution in [0.25, 0.3) is 0 Å². The molecule has 0 atom stereocenters. The van der Waals surface area contributed by atoms with Gasteiger partial charge in [-0.25, -0.2) is 4.79 Å². The quantitative estimate of drug-likeness (QED) is 0.434. The Labute approximate surface area is 90.4 Å². The number of carbonyl (C=O) groups excluding carboxylic acids is 2. The standard InChI is InChI=1S/C11H19NO3/c1-15-11(14)10(13)12-8-4-7-9-5-2-3-6-9/h9H,2-8H2,1H3,(H,12,13). The number of amides is 1. The number of carbonyl (C=O) groups is 2. The average molecular weight is 213 g/mol. The minimum atomic E-state index is -0.809. The molecule has 1 saturated carbocycles. The molecule has 0 aromatic rings. The van der Waals surface area contributed by atoms with Gasteiger partial charge in [0, 0.05) is 6.54 Å². The summed E-state index contributed by atoms with van der Waals surface area (Å²) in [5.41, 5.74) is 0. The van der Waals surface area contributed by atoms with Gasteiger partial charge in [0.15, 0.2) is 0 Å². The van der Waals surface area contributed by atoms with Crippen molar-refractivity contribution in [3.63, 3.8) is 0 Å². The molecule has 15 heavy (non-hydrogen) atoms. The van der Waals surface area contributed by atoms with Gasteiger partial charge in [0.05, 0.1) is 7.11 Å². The highest BCUT2D eigenvalue weighted by Gasteiger charge is 2.15. The summed E-state index contributed by atoms with van der Waals surface area (Å²) >= 11 is 0. The minimum absolute atomic E-state index is 0.574. The van der Waals surface area contributed by atoms with E-state index >= 15 is 0 Å². The van der Waals surface area contributed by atoms with Gasteiger partial charge in [0.1, 0.15) is 0 Å². The first-order chi connectivity index (χ1) is 7.24. The summed E-state index contributed by atoms with van der Waals surface area (Å²) in [5, 5.41) is 2.54. The summed E-state index contributed by atoms with van der Waals surface area (Å²) in [7, 11) is 1.21. The number of hydrogen-bond donors (Lipinski definition) is 1. The number of methoxy groups -OCH3 is 1. The second-order valence-electron chi connectivity index (χ2n) is 4.04. The highest BCUT2D eigenvalue weighted by Crippen LogP contribution is 2.28. The number of nitrogens with one attached hydrogen (secondary N) is 1. The minimum Gasteiger partial charge on any atom is -0.462 e. The van der Waals surface area contributed by atoms with Crippen LogP contribution in [0, 0.1) is 5.92 Å². The van der Waals surface area contributed by atoms with E-state index in [0.717, 1.165) is 18.8 Å². The highest BCUT2D eigenvalue weighted by molar-refractivity contribution is 6.32. The van der Waals surface area contributed by atoms with Crippen LogP contribution in [-0.4, -0.2) is 25.5 Å². The normalized spacial score (nSPS) is 16.3. The molecule has 0 aromatic carbocycles. The van der Waals surface area contributed by atoms with Crippen LogP contribution in [0.15, 0.2) is 0 Å². The van der Waals surface area contributed by atoms with Crippen LogP contribution in [0.3, 0.4) is 0 Å². The maximum absolute atomic E-state index is 11.0. The molecule has 0 saturated heterocycles. The Morgan fingerprint density at radius 2 is 2.00 bits per heavy atom. The zero-order valence-electron chi connectivity index (χ0n) is 9.25. The Bertz CT molecular complexity index is 222. The second-order valence-corrected chi connectivity index (χ2v) is 4.04. The van der Waals surface area contributed by atoms with E-state index in [1.54, 1.807) is 0 Å². The Kier molecular flexibility index (Phi) is 5.15. The lowest BCUT2D eigenvalue weighted by Crippen LogP contribution is -2.32. The van der Waals surface area contributed by atoms with Crippen molar-refractivity contribution in [2.75, 3.05) is 13.7 Å². The smallest absolute Gasteiger partial charge is 0.396 e. The third kappa shape index (κ3) is 4.32. The fraction of sp³-hybridized carbons (Fsp3) is 0.818. The van der Waals surface area contributed by atoms with Gasteiger partial charge in [-0.3, -0.25) is 4.79 Å². The van der Waals surface area contributed by atoms with Crippen LogP contribution in [0.5, 0.6) is 0 Å². The van der Waals surface area contributed by atoms with Gasteiger partial charge >= 0.3 is 11.9 Å². The summed E-state index contributed by atoms with van der Waals surface area (Å²) in [6.07, 6.45) is 7.45. The first-order valence-electron chi connectivity index (χ1n) is 5.60. The molecule has 4 nitrogen and oxygen atoms in total. The van der Waals surface area contributed by atoms with E-state index in [-0.39, 0.29) is 0 Å². The molecule has 1 rings (SSSR count). The SMILES string of the molecule is COC(=O)C(=O)NCCCC1CCCC1. The van der Waals surface area contributed by atoms with E-state index in [4.69, 9.17) is 0 Å². The zero-order valence-corrected chi connectivity index (χ0v) is 9.25. The predicted molar refractivity (Wildman–Crippen MR) is 56.2 cm³/mol. The third-order valence-corrected chi connectivity index (χ3v) is 2.92. The Hall–Kier alpha value is -1.06. The van der Waals surface area contributed by atoms with Gasteiger partial charge in [-0.15, -0.1) is 0 Å². The van der Waals surface area contributed by atoms with E-state index in [0.29, 0.717) is 6.54 Å². The number of hydrogen-bond acceptors (Lipinski definition) is 3. The Morgan fingerprint density at radius 3 is 2.60 bits per heavy atom. The topological polar surface area (TPSA) is 55.4 Å². The molecular weight excluding hydrogens is 194 g/mol. The van der Waals surface area contributed by atoms with Gasteiger partial charge in [0.25, 0.3) is 0 Å². The first kappa shape index (κ1) is 12.0. The molecule has 0 unspecified atom stereocenters. The molecule has 0 spiro atoms. The van der Waals surface area contributed by atoms with Crippen LogP contribution >= 0.6 is 0 Å². The molecule has 1 amide bonds. The van der Waals surface area contributed by atoms with Crippen molar-refractivity contribution in [2.24, 2.45) is 5.92 Å². The molecule has 1 aliphatic rings. The molecular formula is C11H19NO3. The monoisotopic (exact) mass is 213 g/mol. The summed E-state index contributed by atoms with van der Waals surface area (Å²) in [4.78, 5) is 21.7. The van der Waals surface area contributed by atoms with Crippen LogP contribution in [0.2, 0.25) is 0 Å². The maximum atomic E-state index is 11.0. The van der Waals surface area contributed by atoms with E-state index in [1.807, 2.05) is 0 Å². The number of rotatable bonds is 4. The van der Waals surface area contributed by atoms with Gasteiger partial charge in [0.2, 0.25) is 0 Å². The molecule has 1 N–H and O–H groups in total. The van der Waals surface area contributed by atoms with E-state index < -0.39 is 11.9 Å². The van der Waals surface area contributed by atoms with Crippen molar-refractivity contribution in [3.8, 4) is 0 Å². The molecule has 0 heterocycles. The highest BCUT2D eigenvalue weighted by atomic mass is 16.5. The molecule has 1 fully saturated rings. The number of esters is 1. The summed E-state index contributed by atoms with van der Waals surface area (Å²) in [5.74, 6) is -0.611. The molecule has 4 heteroatoms. The van der Waals surface area contributed by atoms with Crippen molar-refractivity contribution in [1.82, 2.24) is 5.32 Å². The van der Waals surface area contributed by atoms with Crippen LogP contribution in [0.4, 0.5) is 0 Å². The van der Waals surface area contributed by atoms with Crippen molar-refractivity contribution >= 4 is 11.9 Å². The fourth-order valence-electron chi connectivity index (χ4n) is 2.06. The van der Waals surface area contributed by atoms with Crippen LogP contribution in [0.1, 0.15) is 38.5 Å². The van der Waals surface area contributed by atoms with E-state index in [1.165, 1.54) is 32.8 Å². The summed E-state index contributed by atoms with van der Waals surface area (Å²) in [6.45, 7) is 0.574. The average Bonchev–Trinajstić information content (AvgIpc) is 2.75. The fourth-order valence-corrected chi connectivity index (χ4v) is 2.06. The number of ether oxygens (including phenoxy) is 1. The Morgan fingerprint density at radius 1 is 1.33 bits per heavy atom. The van der Waals surface area contributed by atoms with Crippen molar-refractivity contribution in [2.45, 2.75) is 38.5 Å². The van der Waals surface area contributed by atoms with Gasteiger partial charge in [-0.2, -0.15) is 0 Å². The first-order valence-corrected chi connectivity index (χ1v) is 5.60. The lowest BCUT2D eigenvalue weighted by atomic mass is 10.0. The van der Waals surface area contributed by atoms with Crippen molar-refractivity contribution in [1.29, 1.82) is 0 Å². The third-order valence-electron chi connectivity index (χ3n) is 2.92. The van der Waals surface area contributed by atoms with Crippen LogP contribution in [-0.2, 0) is 14.3 Å². The molecule has 0 aliphatic heterocycles. The molecule has 86 valence electrons.